The highest BCUT2D eigenvalue weighted by Crippen LogP contribution is 2.49. The second-order valence-electron chi connectivity index (χ2n) is 20.2. The Balaban J connectivity index is 0.000000154. The maximum Gasteiger partial charge on any atom is 0.338 e. The number of hydrogen-bond donors (Lipinski definition) is 2. The van der Waals surface area contributed by atoms with Gasteiger partial charge in [0, 0.05) is 78.2 Å². The summed E-state index contributed by atoms with van der Waals surface area (Å²) in [5, 5.41) is 26.6. The van der Waals surface area contributed by atoms with Gasteiger partial charge in [-0.25, -0.2) is 28.3 Å². The molecule has 6 heterocycles. The van der Waals surface area contributed by atoms with Gasteiger partial charge >= 0.3 is 11.9 Å². The van der Waals surface area contributed by atoms with Gasteiger partial charge in [-0.2, -0.15) is 0 Å². The average Bonchev–Trinajstić information content (AvgIpc) is 3.94. The van der Waals surface area contributed by atoms with E-state index in [1.54, 1.807) is 6.07 Å². The molecule has 6 atom stereocenters. The number of anilines is 2. The molecule has 0 amide bonds. The van der Waals surface area contributed by atoms with Crippen LogP contribution in [0, 0.1) is 23.5 Å². The van der Waals surface area contributed by atoms with Crippen LogP contribution >= 0.6 is 22.7 Å². The number of aromatic carboxylic acids is 1. The average molecular weight is 1090 g/mol. The number of carboxylic acid groups (broad SMARTS) is 1. The molecule has 402 valence electrons. The molecule has 6 aliphatic rings. The van der Waals surface area contributed by atoms with Crippen LogP contribution in [-0.2, 0) is 27.4 Å². The maximum atomic E-state index is 14.7. The van der Waals surface area contributed by atoms with E-state index < -0.39 is 23.6 Å². The summed E-state index contributed by atoms with van der Waals surface area (Å²) in [6.07, 6.45) is 8.68. The molecule has 0 unspecified atom stereocenters. The number of nitrogens with zero attached hydrogens (tertiary/aromatic N) is 6. The maximum absolute atomic E-state index is 14.7. The van der Waals surface area contributed by atoms with E-state index in [0.717, 1.165) is 133 Å². The molecule has 19 heteroatoms. The number of ether oxygens (including phenoxy) is 3. The van der Waals surface area contributed by atoms with Crippen LogP contribution in [0.15, 0.2) is 94.0 Å². The molecule has 2 N–H and O–H groups in total. The SMILES string of the molecule is CC.CO.COC(=O)c1cc(F)c2nc(N3C[C@@H]4C[C@H]3C[C@H]4OCc3c(-c4ccccc4)noc3C3CC3)sc2c1.O=C(O)c1cc(F)c2nc(N3C[C@@H]4C[C@H]3C[C@H]4OCc3c(-c4ccccc4)noc3C3CC3)sc2c1. The third kappa shape index (κ3) is 10.5. The van der Waals surface area contributed by atoms with Crippen molar-refractivity contribution in [1.82, 2.24) is 20.3 Å². The molecule has 6 fully saturated rings. The minimum Gasteiger partial charge on any atom is -0.478 e. The molecule has 4 bridgehead atoms. The molecular weight excluding hydrogens is 1030 g/mol. The molecule has 77 heavy (non-hydrogen) atoms. The first kappa shape index (κ1) is 52.4. The van der Waals surface area contributed by atoms with Crippen molar-refractivity contribution in [2.45, 2.75) is 115 Å². The highest BCUT2D eigenvalue weighted by Gasteiger charge is 2.48. The molecular formula is C58H60F2N6O9S2. The fraction of sp³-hybridized carbons (Fsp3) is 0.414. The highest BCUT2D eigenvalue weighted by atomic mass is 32.1. The summed E-state index contributed by atoms with van der Waals surface area (Å²) < 4.78 is 59.7. The molecule has 14 rings (SSSR count). The third-order valence-corrected chi connectivity index (χ3v) is 17.6. The van der Waals surface area contributed by atoms with Crippen molar-refractivity contribution in [3.05, 3.63) is 130 Å². The molecule has 2 aliphatic heterocycles. The van der Waals surface area contributed by atoms with E-state index in [1.165, 1.54) is 41.9 Å². The monoisotopic (exact) mass is 1090 g/mol. The van der Waals surface area contributed by atoms with Crippen molar-refractivity contribution in [3.63, 3.8) is 0 Å². The Morgan fingerprint density at radius 2 is 1.08 bits per heavy atom. The predicted molar refractivity (Wildman–Crippen MR) is 290 cm³/mol. The van der Waals surface area contributed by atoms with Crippen LogP contribution in [0.25, 0.3) is 42.9 Å². The summed E-state index contributed by atoms with van der Waals surface area (Å²) in [7, 11) is 2.29. The highest BCUT2D eigenvalue weighted by molar-refractivity contribution is 7.22. The van der Waals surface area contributed by atoms with E-state index in [2.05, 4.69) is 42.2 Å². The second kappa shape index (κ2) is 22.4. The molecule has 4 saturated carbocycles. The standard InChI is InChI=1S/C28H26FN3O4S.C27H24FN3O4S.C2H6.CH4O/c1-34-27(33)17-10-21(29)25-23(11-17)37-28(30-25)32-13-18-9-19(32)12-22(18)35-14-20-24(15-5-3-2-4-6-15)31-36-26(20)16-7-8-16;28-20-9-16(26(32)33)10-22-24(20)29-27(36-22)31-12-17-8-18(31)11-21(17)34-13-19-23(14-4-2-1-3-5-14)30-35-25(19)15-6-7-15;2*1-2/h2-6,10-11,16,18-19,22H,7-9,12-14H2,1H3;1-5,9-10,15,17-18,21H,6-8,11-13H2,(H,32,33);1-2H3;2H,1H3/t18-,19-,22+;17-,18-,21+;;/m00../s1. The largest absolute Gasteiger partial charge is 0.478 e. The van der Waals surface area contributed by atoms with E-state index in [0.29, 0.717) is 57.8 Å². The second-order valence-corrected chi connectivity index (χ2v) is 22.2. The Labute approximate surface area is 451 Å². The first-order valence-corrected chi connectivity index (χ1v) is 28.1. The number of thiazole rings is 2. The van der Waals surface area contributed by atoms with Crippen LogP contribution in [0.2, 0.25) is 0 Å². The number of halogens is 2. The van der Waals surface area contributed by atoms with Crippen molar-refractivity contribution in [2.24, 2.45) is 11.8 Å². The lowest BCUT2D eigenvalue weighted by Gasteiger charge is -2.31. The molecule has 4 aliphatic carbocycles. The van der Waals surface area contributed by atoms with Gasteiger partial charge < -0.3 is 43.3 Å². The third-order valence-electron chi connectivity index (χ3n) is 15.5. The zero-order chi connectivity index (χ0) is 53.5. The van der Waals surface area contributed by atoms with Crippen molar-refractivity contribution >= 4 is 65.3 Å². The molecule has 0 spiro atoms. The number of aliphatic hydroxyl groups is 1. The lowest BCUT2D eigenvalue weighted by atomic mass is 10.0. The van der Waals surface area contributed by atoms with E-state index >= 15 is 0 Å². The minimum atomic E-state index is -1.14. The number of esters is 1. The number of rotatable bonds is 14. The van der Waals surface area contributed by atoms with Gasteiger partial charge in [-0.1, -0.05) is 107 Å². The number of carbonyl (C=O) groups excluding carboxylic acids is 1. The van der Waals surface area contributed by atoms with Crippen molar-refractivity contribution in [2.75, 3.05) is 37.1 Å². The summed E-state index contributed by atoms with van der Waals surface area (Å²) in [5.41, 5.74) is 6.69. The van der Waals surface area contributed by atoms with E-state index in [-0.39, 0.29) is 34.9 Å². The summed E-state index contributed by atoms with van der Waals surface area (Å²) in [4.78, 5) is 36.8. The van der Waals surface area contributed by atoms with Crippen molar-refractivity contribution in [3.8, 4) is 22.5 Å². The van der Waals surface area contributed by atoms with Crippen molar-refractivity contribution < 1.29 is 51.8 Å². The lowest BCUT2D eigenvalue weighted by Crippen LogP contribution is -2.38. The van der Waals surface area contributed by atoms with E-state index in [9.17, 15) is 23.5 Å². The Bertz CT molecular complexity index is 3400. The van der Waals surface area contributed by atoms with Crippen LogP contribution in [0.3, 0.4) is 0 Å². The Morgan fingerprint density at radius 3 is 1.47 bits per heavy atom. The van der Waals surface area contributed by atoms with Crippen LogP contribution in [0.5, 0.6) is 0 Å². The lowest BCUT2D eigenvalue weighted by molar-refractivity contribution is 0.0122. The smallest absolute Gasteiger partial charge is 0.338 e. The molecule has 8 aromatic rings. The van der Waals surface area contributed by atoms with Gasteiger partial charge in [0.2, 0.25) is 0 Å². The quantitative estimate of drug-likeness (QED) is 0.0979. The van der Waals surface area contributed by atoms with Gasteiger partial charge in [0.25, 0.3) is 0 Å². The number of fused-ring (bicyclic) bond motifs is 6. The topological polar surface area (TPSA) is 187 Å². The summed E-state index contributed by atoms with van der Waals surface area (Å²) in [6, 6.07) is 26.2. The first-order valence-electron chi connectivity index (χ1n) is 26.4. The Hall–Kier alpha value is -6.64. The zero-order valence-corrected chi connectivity index (χ0v) is 44.8. The fourth-order valence-electron chi connectivity index (χ4n) is 11.5. The number of piperidine rings is 2. The molecule has 2 saturated heterocycles. The van der Waals surface area contributed by atoms with Gasteiger partial charge in [0.05, 0.1) is 53.1 Å². The van der Waals surface area contributed by atoms with Crippen LogP contribution in [0.1, 0.15) is 120 Å². The number of methoxy groups -OCH3 is 1. The van der Waals surface area contributed by atoms with Crippen LogP contribution in [-0.4, -0.2) is 94.0 Å². The van der Waals surface area contributed by atoms with E-state index in [1.807, 2.05) is 62.4 Å². The van der Waals surface area contributed by atoms with Gasteiger partial charge in [0.15, 0.2) is 21.9 Å². The summed E-state index contributed by atoms with van der Waals surface area (Å²) in [5.74, 6) is 0.823. The molecule has 4 aromatic carbocycles. The number of aromatic nitrogens is 4. The number of aliphatic hydroxyl groups excluding tert-OH is 1. The molecule has 15 nitrogen and oxygen atoms in total. The molecule has 4 aromatic heterocycles. The van der Waals surface area contributed by atoms with Crippen LogP contribution in [0.4, 0.5) is 19.0 Å². The normalized spacial score (nSPS) is 21.9. The Morgan fingerprint density at radius 1 is 0.649 bits per heavy atom. The van der Waals surface area contributed by atoms with Crippen molar-refractivity contribution in [1.29, 1.82) is 0 Å². The van der Waals surface area contributed by atoms with Gasteiger partial charge in [-0.15, -0.1) is 0 Å². The fourth-order valence-corrected chi connectivity index (χ4v) is 13.7. The van der Waals surface area contributed by atoms with Crippen LogP contribution < -0.4 is 9.80 Å². The number of hydrogen-bond acceptors (Lipinski definition) is 16. The van der Waals surface area contributed by atoms with Gasteiger partial charge in [-0.3, -0.25) is 0 Å². The summed E-state index contributed by atoms with van der Waals surface area (Å²) in [6.45, 7) is 6.60. The first-order chi connectivity index (χ1) is 37.6. The number of benzene rings is 4. The van der Waals surface area contributed by atoms with Gasteiger partial charge in [-0.05, 0) is 75.6 Å². The number of carbonyl (C=O) groups is 2. The van der Waals surface area contributed by atoms with Gasteiger partial charge in [0.1, 0.15) is 33.9 Å². The summed E-state index contributed by atoms with van der Waals surface area (Å²) >= 11 is 2.77. The Kier molecular flexibility index (Phi) is 15.2. The zero-order valence-electron chi connectivity index (χ0n) is 43.2. The number of carboxylic acids is 1. The molecule has 0 radical (unpaired) electrons. The predicted octanol–water partition coefficient (Wildman–Crippen LogP) is 12.4. The van der Waals surface area contributed by atoms with E-state index in [4.69, 9.17) is 28.4 Å². The minimum absolute atomic E-state index is 0.0548.